The van der Waals surface area contributed by atoms with Crippen molar-refractivity contribution in [1.82, 2.24) is 9.88 Å². The van der Waals surface area contributed by atoms with Crippen LogP contribution < -0.4 is 15.0 Å². The van der Waals surface area contributed by atoms with Crippen molar-refractivity contribution in [3.63, 3.8) is 0 Å². The summed E-state index contributed by atoms with van der Waals surface area (Å²) in [6, 6.07) is 11.4. The third kappa shape index (κ3) is 5.71. The first-order chi connectivity index (χ1) is 16.9. The van der Waals surface area contributed by atoms with Crippen LogP contribution in [0.3, 0.4) is 0 Å². The fraction of sp³-hybridized carbons (Fsp3) is 0.385. The van der Waals surface area contributed by atoms with Gasteiger partial charge >= 0.3 is 5.97 Å². The van der Waals surface area contributed by atoms with E-state index in [1.165, 1.54) is 5.56 Å². The van der Waals surface area contributed by atoms with Crippen molar-refractivity contribution in [2.24, 2.45) is 0 Å². The van der Waals surface area contributed by atoms with Gasteiger partial charge in [-0.2, -0.15) is 0 Å². The summed E-state index contributed by atoms with van der Waals surface area (Å²) < 4.78 is 10.5. The number of methoxy groups -OCH3 is 1. The van der Waals surface area contributed by atoms with E-state index in [-0.39, 0.29) is 18.2 Å². The number of ether oxygens (including phenoxy) is 2. The molecule has 8 nitrogen and oxygen atoms in total. The lowest BCUT2D eigenvalue weighted by Gasteiger charge is -2.36. The Hall–Kier alpha value is -3.23. The van der Waals surface area contributed by atoms with E-state index < -0.39 is 5.97 Å². The minimum Gasteiger partial charge on any atom is -0.497 e. The van der Waals surface area contributed by atoms with E-state index in [9.17, 15) is 9.59 Å². The van der Waals surface area contributed by atoms with E-state index >= 15 is 0 Å². The molecule has 0 bridgehead atoms. The lowest BCUT2D eigenvalue weighted by atomic mass is 10.1. The Kier molecular flexibility index (Phi) is 7.83. The number of hydrogen-bond acceptors (Lipinski definition) is 6. The number of amides is 1. The summed E-state index contributed by atoms with van der Waals surface area (Å²) in [6.07, 6.45) is 0.315. The van der Waals surface area contributed by atoms with Gasteiger partial charge in [0, 0.05) is 60.8 Å². The van der Waals surface area contributed by atoms with Gasteiger partial charge in [0.1, 0.15) is 11.4 Å². The number of anilines is 2. The zero-order valence-corrected chi connectivity index (χ0v) is 21.1. The third-order valence-corrected chi connectivity index (χ3v) is 6.52. The van der Waals surface area contributed by atoms with Crippen molar-refractivity contribution in [2.75, 3.05) is 56.7 Å². The van der Waals surface area contributed by atoms with E-state index in [0.717, 1.165) is 42.4 Å². The van der Waals surface area contributed by atoms with E-state index in [4.69, 9.17) is 21.1 Å². The topological polar surface area (TPSA) is 86.9 Å². The summed E-state index contributed by atoms with van der Waals surface area (Å²) >= 11 is 6.19. The molecule has 1 saturated heterocycles. The predicted octanol–water partition coefficient (Wildman–Crippen LogP) is 4.47. The fourth-order valence-corrected chi connectivity index (χ4v) is 4.55. The molecule has 0 spiro atoms. The Labute approximate surface area is 210 Å². The van der Waals surface area contributed by atoms with Gasteiger partial charge in [-0.25, -0.2) is 4.79 Å². The van der Waals surface area contributed by atoms with Crippen LogP contribution in [0, 0.1) is 6.92 Å². The lowest BCUT2D eigenvalue weighted by molar-refractivity contribution is -0.116. The summed E-state index contributed by atoms with van der Waals surface area (Å²) in [6.45, 7) is 8.17. The Morgan fingerprint density at radius 2 is 1.89 bits per heavy atom. The van der Waals surface area contributed by atoms with Gasteiger partial charge < -0.3 is 24.7 Å². The Morgan fingerprint density at radius 1 is 1.11 bits per heavy atom. The molecular formula is C26H31ClN4O4. The molecule has 0 atom stereocenters. The van der Waals surface area contributed by atoms with Crippen LogP contribution >= 0.6 is 11.6 Å². The Bertz CT molecular complexity index is 1220. The molecule has 35 heavy (non-hydrogen) atoms. The SMILES string of the molecule is CCOC(=O)c1[nH]c2ccc(OC)cc2c1NC(=O)CCN1CCN(c2cc(Cl)ccc2C)CC1. The summed E-state index contributed by atoms with van der Waals surface area (Å²) in [5, 5.41) is 4.37. The molecule has 0 saturated carbocycles. The second kappa shape index (κ2) is 11.0. The standard InChI is InChI=1S/C26H31ClN4O4/c1-4-35-26(33)25-24(20-16-19(34-3)7-8-21(20)28-25)29-23(32)9-10-30-11-13-31(14-12-30)22-15-18(27)6-5-17(22)2/h5-8,15-16,28H,4,9-14H2,1-3H3,(H,29,32). The van der Waals surface area contributed by atoms with E-state index in [2.05, 4.69) is 27.0 Å². The number of benzene rings is 2. The zero-order valence-electron chi connectivity index (χ0n) is 20.3. The maximum atomic E-state index is 12.9. The van der Waals surface area contributed by atoms with Crippen LogP contribution in [0.4, 0.5) is 11.4 Å². The highest BCUT2D eigenvalue weighted by Gasteiger charge is 2.23. The maximum absolute atomic E-state index is 12.9. The molecule has 1 aromatic heterocycles. The molecule has 1 aliphatic rings. The van der Waals surface area contributed by atoms with Crippen LogP contribution in [0.5, 0.6) is 5.75 Å². The molecule has 0 unspecified atom stereocenters. The number of aromatic nitrogens is 1. The van der Waals surface area contributed by atoms with Gasteiger partial charge in [0.15, 0.2) is 0 Å². The molecule has 9 heteroatoms. The largest absolute Gasteiger partial charge is 0.497 e. The van der Waals surface area contributed by atoms with Crippen LogP contribution in [0.15, 0.2) is 36.4 Å². The van der Waals surface area contributed by atoms with Gasteiger partial charge in [-0.1, -0.05) is 17.7 Å². The van der Waals surface area contributed by atoms with Crippen molar-refractivity contribution in [3.8, 4) is 5.75 Å². The summed E-state index contributed by atoms with van der Waals surface area (Å²) in [5.74, 6) is -0.0343. The zero-order chi connectivity index (χ0) is 24.9. The predicted molar refractivity (Wildman–Crippen MR) is 139 cm³/mol. The molecule has 1 aliphatic heterocycles. The molecule has 4 rings (SSSR count). The molecule has 1 amide bonds. The number of aryl methyl sites for hydroxylation is 1. The van der Waals surface area contributed by atoms with Gasteiger partial charge in [0.05, 0.1) is 19.4 Å². The van der Waals surface area contributed by atoms with Crippen molar-refractivity contribution in [3.05, 3.63) is 52.7 Å². The third-order valence-electron chi connectivity index (χ3n) is 6.29. The number of H-pyrrole nitrogens is 1. The molecule has 2 heterocycles. The summed E-state index contributed by atoms with van der Waals surface area (Å²) in [7, 11) is 1.58. The number of halogens is 1. The highest BCUT2D eigenvalue weighted by molar-refractivity contribution is 6.30. The molecular weight excluding hydrogens is 468 g/mol. The quantitative estimate of drug-likeness (QED) is 0.446. The normalized spacial score (nSPS) is 14.2. The van der Waals surface area contributed by atoms with Gasteiger partial charge in [0.25, 0.3) is 0 Å². The first-order valence-electron chi connectivity index (χ1n) is 11.8. The average molecular weight is 499 g/mol. The smallest absolute Gasteiger partial charge is 0.356 e. The van der Waals surface area contributed by atoms with Crippen LogP contribution in [0.25, 0.3) is 10.9 Å². The Balaban J connectivity index is 1.39. The second-order valence-corrected chi connectivity index (χ2v) is 9.00. The van der Waals surface area contributed by atoms with Crippen molar-refractivity contribution in [2.45, 2.75) is 20.3 Å². The van der Waals surface area contributed by atoms with Crippen molar-refractivity contribution >= 4 is 45.8 Å². The second-order valence-electron chi connectivity index (χ2n) is 8.56. The molecule has 0 radical (unpaired) electrons. The lowest BCUT2D eigenvalue weighted by Crippen LogP contribution is -2.47. The number of fused-ring (bicyclic) bond motifs is 1. The number of esters is 1. The average Bonchev–Trinajstić information content (AvgIpc) is 3.22. The highest BCUT2D eigenvalue weighted by atomic mass is 35.5. The molecule has 3 aromatic rings. The molecule has 2 N–H and O–H groups in total. The highest BCUT2D eigenvalue weighted by Crippen LogP contribution is 2.32. The number of piperazine rings is 1. The van der Waals surface area contributed by atoms with Crippen molar-refractivity contribution < 1.29 is 19.1 Å². The van der Waals surface area contributed by atoms with E-state index in [0.29, 0.717) is 29.8 Å². The number of carbonyl (C=O) groups is 2. The maximum Gasteiger partial charge on any atom is 0.356 e. The molecule has 1 fully saturated rings. The van der Waals surface area contributed by atoms with Gasteiger partial charge in [-0.3, -0.25) is 9.69 Å². The molecule has 2 aromatic carbocycles. The summed E-state index contributed by atoms with van der Waals surface area (Å²) in [4.78, 5) is 33.1. The number of rotatable bonds is 8. The van der Waals surface area contributed by atoms with Gasteiger partial charge in [-0.15, -0.1) is 0 Å². The number of nitrogens with zero attached hydrogens (tertiary/aromatic N) is 2. The van der Waals surface area contributed by atoms with E-state index in [1.807, 2.05) is 24.3 Å². The van der Waals surface area contributed by atoms with Crippen molar-refractivity contribution in [1.29, 1.82) is 0 Å². The van der Waals surface area contributed by atoms with E-state index in [1.54, 1.807) is 26.2 Å². The van der Waals surface area contributed by atoms with Gasteiger partial charge in [-0.05, 0) is 49.7 Å². The minimum atomic E-state index is -0.509. The van der Waals surface area contributed by atoms with Crippen LogP contribution in [-0.2, 0) is 9.53 Å². The first-order valence-corrected chi connectivity index (χ1v) is 12.2. The summed E-state index contributed by atoms with van der Waals surface area (Å²) in [5.41, 5.74) is 3.74. The molecule has 186 valence electrons. The van der Waals surface area contributed by atoms with Gasteiger partial charge in [0.2, 0.25) is 5.91 Å². The van der Waals surface area contributed by atoms with Crippen LogP contribution in [0.1, 0.15) is 29.4 Å². The molecule has 0 aliphatic carbocycles. The minimum absolute atomic E-state index is 0.160. The number of nitrogens with one attached hydrogen (secondary N) is 2. The fourth-order valence-electron chi connectivity index (χ4n) is 4.38. The monoisotopic (exact) mass is 498 g/mol. The first kappa shape index (κ1) is 24.9. The van der Waals surface area contributed by atoms with Crippen LogP contribution in [0.2, 0.25) is 5.02 Å². The number of carbonyl (C=O) groups excluding carboxylic acids is 2. The number of hydrogen-bond donors (Lipinski definition) is 2. The number of aromatic amines is 1. The Morgan fingerprint density at radius 3 is 2.60 bits per heavy atom. The van der Waals surface area contributed by atoms with Crippen LogP contribution in [-0.4, -0.2) is 68.2 Å².